The summed E-state index contributed by atoms with van der Waals surface area (Å²) in [5.41, 5.74) is 2.74. The number of benzene rings is 2. The summed E-state index contributed by atoms with van der Waals surface area (Å²) < 4.78 is 5.78. The summed E-state index contributed by atoms with van der Waals surface area (Å²) in [6, 6.07) is 13.0. The molecule has 0 atom stereocenters. The average Bonchev–Trinajstić information content (AvgIpc) is 3.01. The van der Waals surface area contributed by atoms with E-state index < -0.39 is 0 Å². The number of nitrogens with one attached hydrogen (secondary N) is 1. The van der Waals surface area contributed by atoms with Gasteiger partial charge in [0.2, 0.25) is 5.13 Å². The molecule has 0 unspecified atom stereocenters. The number of carbonyl (C=O) groups is 1. The van der Waals surface area contributed by atoms with Crippen molar-refractivity contribution in [2.75, 3.05) is 11.9 Å². The van der Waals surface area contributed by atoms with Gasteiger partial charge in [0.25, 0.3) is 5.91 Å². The van der Waals surface area contributed by atoms with Crippen molar-refractivity contribution in [2.45, 2.75) is 20.3 Å². The van der Waals surface area contributed by atoms with E-state index in [0.717, 1.165) is 10.8 Å². The molecule has 3 aromatic rings. The Bertz CT molecular complexity index is 906. The number of amides is 1. The third-order valence-electron chi connectivity index (χ3n) is 3.59. The first-order valence-corrected chi connectivity index (χ1v) is 9.30. The number of aromatic nitrogens is 2. The fourth-order valence-electron chi connectivity index (χ4n) is 2.49. The minimum absolute atomic E-state index is 0.301. The molecule has 1 heterocycles. The molecule has 0 radical (unpaired) electrons. The molecular weight excluding hydrogens is 370 g/mol. The third kappa shape index (κ3) is 4.80. The predicted molar refractivity (Wildman–Crippen MR) is 104 cm³/mol. The molecule has 3 rings (SSSR count). The van der Waals surface area contributed by atoms with Gasteiger partial charge in [-0.3, -0.25) is 10.1 Å². The molecule has 2 aromatic carbocycles. The van der Waals surface area contributed by atoms with Crippen LogP contribution in [0.15, 0.2) is 42.5 Å². The first-order chi connectivity index (χ1) is 12.5. The van der Waals surface area contributed by atoms with Gasteiger partial charge in [-0.25, -0.2) is 0 Å². The number of halogens is 1. The molecule has 0 aliphatic heterocycles. The van der Waals surface area contributed by atoms with Gasteiger partial charge in [0.1, 0.15) is 10.8 Å². The van der Waals surface area contributed by atoms with Gasteiger partial charge in [-0.2, -0.15) is 0 Å². The lowest BCUT2D eigenvalue weighted by Crippen LogP contribution is -2.12. The second kappa shape index (κ2) is 8.29. The van der Waals surface area contributed by atoms with Gasteiger partial charge >= 0.3 is 0 Å². The topological polar surface area (TPSA) is 64.1 Å². The highest BCUT2D eigenvalue weighted by molar-refractivity contribution is 7.15. The fraction of sp³-hybridized carbons (Fsp3) is 0.211. The molecule has 0 fully saturated rings. The van der Waals surface area contributed by atoms with Crippen molar-refractivity contribution < 1.29 is 9.53 Å². The molecule has 0 spiro atoms. The van der Waals surface area contributed by atoms with Crippen LogP contribution >= 0.6 is 22.9 Å². The van der Waals surface area contributed by atoms with Crippen LogP contribution in [0.2, 0.25) is 5.02 Å². The summed E-state index contributed by atoms with van der Waals surface area (Å²) in [5, 5.41) is 12.5. The van der Waals surface area contributed by atoms with Gasteiger partial charge in [-0.1, -0.05) is 41.1 Å². The highest BCUT2D eigenvalue weighted by atomic mass is 35.5. The lowest BCUT2D eigenvalue weighted by molar-refractivity contribution is 0.102. The molecule has 1 amide bonds. The Kier molecular flexibility index (Phi) is 5.85. The zero-order valence-electron chi connectivity index (χ0n) is 14.5. The zero-order valence-corrected chi connectivity index (χ0v) is 16.0. The Hall–Kier alpha value is -2.44. The SMILES string of the molecule is Cc1cc(C)cc(OCCc2nnc(NC(=O)c3ccccc3Cl)s2)c1. The van der Waals surface area contributed by atoms with Crippen molar-refractivity contribution in [3.8, 4) is 5.75 Å². The molecule has 5 nitrogen and oxygen atoms in total. The van der Waals surface area contributed by atoms with Gasteiger partial charge in [0.15, 0.2) is 0 Å². The number of anilines is 1. The Labute approximate surface area is 161 Å². The highest BCUT2D eigenvalue weighted by Crippen LogP contribution is 2.21. The second-order valence-corrected chi connectivity index (χ2v) is 7.33. The largest absolute Gasteiger partial charge is 0.493 e. The maximum absolute atomic E-state index is 12.2. The van der Waals surface area contributed by atoms with E-state index in [1.807, 2.05) is 26.0 Å². The molecule has 0 aliphatic carbocycles. The zero-order chi connectivity index (χ0) is 18.5. The van der Waals surface area contributed by atoms with Crippen molar-refractivity contribution in [3.05, 3.63) is 69.2 Å². The minimum atomic E-state index is -0.301. The Morgan fingerprint density at radius 3 is 2.62 bits per heavy atom. The van der Waals surface area contributed by atoms with E-state index >= 15 is 0 Å². The smallest absolute Gasteiger partial charge is 0.259 e. The van der Waals surface area contributed by atoms with E-state index in [0.29, 0.717) is 28.7 Å². The van der Waals surface area contributed by atoms with E-state index in [1.165, 1.54) is 22.5 Å². The molecule has 7 heteroatoms. The summed E-state index contributed by atoms with van der Waals surface area (Å²) in [6.07, 6.45) is 0.618. The van der Waals surface area contributed by atoms with Crippen LogP contribution in [0.3, 0.4) is 0 Å². The summed E-state index contributed by atoms with van der Waals surface area (Å²) in [6.45, 7) is 4.58. The van der Waals surface area contributed by atoms with Crippen LogP contribution in [0.25, 0.3) is 0 Å². The number of ether oxygens (including phenoxy) is 1. The standard InChI is InChI=1S/C19H18ClN3O2S/c1-12-9-13(2)11-14(10-12)25-8-7-17-22-23-19(26-17)21-18(24)15-5-3-4-6-16(15)20/h3-6,9-11H,7-8H2,1-2H3,(H,21,23,24). The van der Waals surface area contributed by atoms with E-state index in [-0.39, 0.29) is 5.91 Å². The number of aryl methyl sites for hydroxylation is 2. The van der Waals surface area contributed by atoms with Gasteiger partial charge in [-0.05, 0) is 49.2 Å². The number of nitrogens with zero attached hydrogens (tertiary/aromatic N) is 2. The minimum Gasteiger partial charge on any atom is -0.493 e. The maximum atomic E-state index is 12.2. The molecule has 134 valence electrons. The van der Waals surface area contributed by atoms with Crippen molar-refractivity contribution in [3.63, 3.8) is 0 Å². The summed E-state index contributed by atoms with van der Waals surface area (Å²) in [7, 11) is 0. The Morgan fingerprint density at radius 2 is 1.88 bits per heavy atom. The van der Waals surface area contributed by atoms with Gasteiger partial charge in [0.05, 0.1) is 17.2 Å². The van der Waals surface area contributed by atoms with Gasteiger partial charge < -0.3 is 4.74 Å². The van der Waals surface area contributed by atoms with Gasteiger partial charge in [-0.15, -0.1) is 10.2 Å². The first kappa shape index (κ1) is 18.4. The summed E-state index contributed by atoms with van der Waals surface area (Å²) in [4.78, 5) is 12.2. The maximum Gasteiger partial charge on any atom is 0.259 e. The molecule has 0 aliphatic rings. The van der Waals surface area contributed by atoms with Crippen LogP contribution in [0.5, 0.6) is 5.75 Å². The summed E-state index contributed by atoms with van der Waals surface area (Å²) in [5.74, 6) is 0.545. The van der Waals surface area contributed by atoms with Crippen LogP contribution in [0, 0.1) is 13.8 Å². The fourth-order valence-corrected chi connectivity index (χ4v) is 3.42. The monoisotopic (exact) mass is 387 g/mol. The van der Waals surface area contributed by atoms with Crippen LogP contribution in [0.1, 0.15) is 26.5 Å². The lowest BCUT2D eigenvalue weighted by atomic mass is 10.1. The normalized spacial score (nSPS) is 10.6. The van der Waals surface area contributed by atoms with Gasteiger partial charge in [0, 0.05) is 6.42 Å². The van der Waals surface area contributed by atoms with Crippen molar-refractivity contribution in [1.82, 2.24) is 10.2 Å². The lowest BCUT2D eigenvalue weighted by Gasteiger charge is -2.07. The predicted octanol–water partition coefficient (Wildman–Crippen LogP) is 4.68. The van der Waals surface area contributed by atoms with Crippen LogP contribution in [-0.2, 0) is 6.42 Å². The summed E-state index contributed by atoms with van der Waals surface area (Å²) >= 11 is 7.36. The van der Waals surface area contributed by atoms with Crippen LogP contribution in [-0.4, -0.2) is 22.7 Å². The van der Waals surface area contributed by atoms with Crippen LogP contribution < -0.4 is 10.1 Å². The van der Waals surface area contributed by atoms with E-state index in [2.05, 4.69) is 21.6 Å². The average molecular weight is 388 g/mol. The number of hydrogen-bond donors (Lipinski definition) is 1. The molecule has 1 N–H and O–H groups in total. The molecule has 0 saturated carbocycles. The van der Waals surface area contributed by atoms with Crippen molar-refractivity contribution in [1.29, 1.82) is 0 Å². The highest BCUT2D eigenvalue weighted by Gasteiger charge is 2.13. The van der Waals surface area contributed by atoms with E-state index in [1.54, 1.807) is 24.3 Å². The number of rotatable bonds is 6. The van der Waals surface area contributed by atoms with E-state index in [9.17, 15) is 4.79 Å². The third-order valence-corrected chi connectivity index (χ3v) is 4.81. The molecule has 1 aromatic heterocycles. The molecule has 0 bridgehead atoms. The quantitative estimate of drug-likeness (QED) is 0.666. The molecular formula is C19H18ClN3O2S. The van der Waals surface area contributed by atoms with Crippen molar-refractivity contribution >= 4 is 34.0 Å². The molecule has 26 heavy (non-hydrogen) atoms. The van der Waals surface area contributed by atoms with E-state index in [4.69, 9.17) is 16.3 Å². The first-order valence-electron chi connectivity index (χ1n) is 8.10. The Balaban J connectivity index is 1.55. The number of carbonyl (C=O) groups excluding carboxylic acids is 1. The Morgan fingerprint density at radius 1 is 1.15 bits per heavy atom. The number of hydrogen-bond acceptors (Lipinski definition) is 5. The van der Waals surface area contributed by atoms with Crippen LogP contribution in [0.4, 0.5) is 5.13 Å². The molecule has 0 saturated heterocycles. The second-order valence-electron chi connectivity index (χ2n) is 5.86. The van der Waals surface area contributed by atoms with Crippen molar-refractivity contribution in [2.24, 2.45) is 0 Å².